The molecule has 0 radical (unpaired) electrons. The van der Waals surface area contributed by atoms with Crippen LogP contribution in [-0.4, -0.2) is 28.9 Å². The highest BCUT2D eigenvalue weighted by molar-refractivity contribution is 6.30. The molecule has 2 heterocycles. The van der Waals surface area contributed by atoms with Gasteiger partial charge < -0.3 is 4.90 Å². The Balaban J connectivity index is 1.49. The second-order valence-electron chi connectivity index (χ2n) is 8.34. The fourth-order valence-corrected chi connectivity index (χ4v) is 4.93. The Hall–Kier alpha value is -2.91. The Bertz CT molecular complexity index is 1160. The van der Waals surface area contributed by atoms with Crippen molar-refractivity contribution in [2.45, 2.75) is 32.1 Å². The summed E-state index contributed by atoms with van der Waals surface area (Å²) in [6, 6.07) is 10.4. The maximum Gasteiger partial charge on any atom is 0.227 e. The molecule has 5 rings (SSSR count). The van der Waals surface area contributed by atoms with Crippen LogP contribution in [0, 0.1) is 0 Å². The molecule has 1 fully saturated rings. The molecular weight excluding hydrogens is 404 g/mol. The number of hydrogen-bond acceptors (Lipinski definition) is 2. The number of carbonyl (C=O) groups is 1. The molecule has 0 atom stereocenters. The molecule has 1 saturated heterocycles. The number of fused-ring (bicyclic) bond motifs is 2. The van der Waals surface area contributed by atoms with E-state index in [1.165, 1.54) is 27.8 Å². The molecule has 0 N–H and O–H groups in total. The van der Waals surface area contributed by atoms with Crippen molar-refractivity contribution in [1.82, 2.24) is 9.88 Å². The van der Waals surface area contributed by atoms with E-state index in [1.807, 2.05) is 35.4 Å². The maximum absolute atomic E-state index is 13.0. The summed E-state index contributed by atoms with van der Waals surface area (Å²) in [7, 11) is 0. The minimum absolute atomic E-state index is 0.188. The molecule has 0 bridgehead atoms. The Labute approximate surface area is 188 Å². The average molecular weight is 429 g/mol. The zero-order chi connectivity index (χ0) is 21.2. The third-order valence-corrected chi connectivity index (χ3v) is 6.54. The standard InChI is InChI=1S/C27H25ClN2O/c28-23-11-12-24-21(17-23)10-9-20-8-5-14-29-27(20)26(24)22-13-15-30(18-22)25(31)16-19-6-3-1-2-4-7-19/h1,3-8,11-12,14,17H,2,9-10,13,15-16,18H2/b26-22+. The summed E-state index contributed by atoms with van der Waals surface area (Å²) in [5, 5.41) is 0.768. The fourth-order valence-electron chi connectivity index (χ4n) is 4.74. The Kier molecular flexibility index (Phi) is 5.61. The second kappa shape index (κ2) is 8.68. The minimum Gasteiger partial charge on any atom is -0.338 e. The van der Waals surface area contributed by atoms with Crippen molar-refractivity contribution in [2.24, 2.45) is 0 Å². The lowest BCUT2D eigenvalue weighted by Crippen LogP contribution is -2.27. The number of rotatable bonds is 2. The summed E-state index contributed by atoms with van der Waals surface area (Å²) < 4.78 is 0. The van der Waals surface area contributed by atoms with Gasteiger partial charge in [0.1, 0.15) is 0 Å². The summed E-state index contributed by atoms with van der Waals surface area (Å²) >= 11 is 6.32. The summed E-state index contributed by atoms with van der Waals surface area (Å²) in [5.74, 6) is 0.188. The van der Waals surface area contributed by atoms with E-state index in [2.05, 4.69) is 36.4 Å². The number of hydrogen-bond donors (Lipinski definition) is 0. The van der Waals surface area contributed by atoms with Gasteiger partial charge in [-0.25, -0.2) is 0 Å². The van der Waals surface area contributed by atoms with Crippen LogP contribution in [-0.2, 0) is 17.6 Å². The van der Waals surface area contributed by atoms with Crippen molar-refractivity contribution in [1.29, 1.82) is 0 Å². The zero-order valence-electron chi connectivity index (χ0n) is 17.5. The van der Waals surface area contributed by atoms with Crippen LogP contribution < -0.4 is 0 Å². The van der Waals surface area contributed by atoms with Crippen LogP contribution in [0.1, 0.15) is 41.6 Å². The third-order valence-electron chi connectivity index (χ3n) is 6.31. The van der Waals surface area contributed by atoms with Crippen LogP contribution in [0.4, 0.5) is 0 Å². The Morgan fingerprint density at radius 1 is 1.10 bits per heavy atom. The lowest BCUT2D eigenvalue weighted by Gasteiger charge is -2.17. The van der Waals surface area contributed by atoms with Crippen molar-refractivity contribution >= 4 is 23.1 Å². The predicted octanol–water partition coefficient (Wildman–Crippen LogP) is 5.70. The molecule has 1 aromatic carbocycles. The average Bonchev–Trinajstić information content (AvgIpc) is 3.03. The van der Waals surface area contributed by atoms with Gasteiger partial charge in [-0.05, 0) is 71.7 Å². The number of pyridine rings is 1. The van der Waals surface area contributed by atoms with Gasteiger partial charge in [0.15, 0.2) is 0 Å². The van der Waals surface area contributed by atoms with Crippen molar-refractivity contribution in [3.05, 3.63) is 105 Å². The number of halogens is 1. The number of likely N-dealkylation sites (tertiary alicyclic amines) is 1. The van der Waals surface area contributed by atoms with Gasteiger partial charge in [0.05, 0.1) is 12.1 Å². The maximum atomic E-state index is 13.0. The SMILES string of the molecule is O=C(CC1=CC=CCC=C1)N1CC/C(=C2/c3ccc(Cl)cc3CCc3cccnc32)C1. The van der Waals surface area contributed by atoms with E-state index in [1.54, 1.807) is 0 Å². The van der Waals surface area contributed by atoms with Crippen LogP contribution in [0.3, 0.4) is 0 Å². The van der Waals surface area contributed by atoms with Gasteiger partial charge in [0, 0.05) is 29.9 Å². The van der Waals surface area contributed by atoms with Gasteiger partial charge in [0.25, 0.3) is 0 Å². The van der Waals surface area contributed by atoms with Gasteiger partial charge in [-0.15, -0.1) is 0 Å². The second-order valence-corrected chi connectivity index (χ2v) is 8.78. The molecule has 31 heavy (non-hydrogen) atoms. The molecule has 3 nitrogen and oxygen atoms in total. The van der Waals surface area contributed by atoms with E-state index in [9.17, 15) is 4.79 Å². The molecule has 3 aliphatic rings. The van der Waals surface area contributed by atoms with Gasteiger partial charge in [-0.2, -0.15) is 0 Å². The quantitative estimate of drug-likeness (QED) is 0.614. The first kappa shape index (κ1) is 20.0. The normalized spacial score (nSPS) is 20.0. The van der Waals surface area contributed by atoms with Gasteiger partial charge >= 0.3 is 0 Å². The van der Waals surface area contributed by atoms with Gasteiger partial charge in [-0.1, -0.05) is 54.1 Å². The highest BCUT2D eigenvalue weighted by Gasteiger charge is 2.28. The highest BCUT2D eigenvalue weighted by Crippen LogP contribution is 2.38. The highest BCUT2D eigenvalue weighted by atomic mass is 35.5. The van der Waals surface area contributed by atoms with E-state index in [0.29, 0.717) is 13.0 Å². The van der Waals surface area contributed by atoms with Gasteiger partial charge in [0.2, 0.25) is 5.91 Å². The molecule has 0 spiro atoms. The molecule has 2 aliphatic carbocycles. The largest absolute Gasteiger partial charge is 0.338 e. The Morgan fingerprint density at radius 2 is 2.00 bits per heavy atom. The first-order chi connectivity index (χ1) is 15.2. The lowest BCUT2D eigenvalue weighted by atomic mass is 9.92. The number of aryl methyl sites for hydroxylation is 2. The van der Waals surface area contributed by atoms with E-state index in [4.69, 9.17) is 16.6 Å². The van der Waals surface area contributed by atoms with E-state index < -0.39 is 0 Å². The smallest absolute Gasteiger partial charge is 0.227 e. The Morgan fingerprint density at radius 3 is 2.94 bits per heavy atom. The molecule has 1 aliphatic heterocycles. The molecule has 0 saturated carbocycles. The van der Waals surface area contributed by atoms with Crippen molar-refractivity contribution < 1.29 is 4.79 Å². The number of nitrogens with zero attached hydrogens (tertiary/aromatic N) is 2. The molecule has 1 aromatic heterocycles. The molecule has 1 amide bonds. The molecule has 4 heteroatoms. The summed E-state index contributed by atoms with van der Waals surface area (Å²) in [6.45, 7) is 1.43. The summed E-state index contributed by atoms with van der Waals surface area (Å²) in [6.07, 6.45) is 16.4. The number of aromatic nitrogens is 1. The van der Waals surface area contributed by atoms with Gasteiger partial charge in [-0.3, -0.25) is 9.78 Å². The number of benzene rings is 1. The fraction of sp³-hybridized carbons (Fsp3) is 0.259. The minimum atomic E-state index is 0.188. The zero-order valence-corrected chi connectivity index (χ0v) is 18.2. The number of allylic oxidation sites excluding steroid dienone is 5. The molecule has 0 unspecified atom stereocenters. The topological polar surface area (TPSA) is 33.2 Å². The third kappa shape index (κ3) is 4.15. The van der Waals surface area contributed by atoms with E-state index >= 15 is 0 Å². The van der Waals surface area contributed by atoms with E-state index in [0.717, 1.165) is 48.5 Å². The molecule has 156 valence electrons. The number of amides is 1. The summed E-state index contributed by atoms with van der Waals surface area (Å²) in [5.41, 5.74) is 8.37. The van der Waals surface area contributed by atoms with Crippen LogP contribution in [0.25, 0.3) is 5.57 Å². The van der Waals surface area contributed by atoms with Crippen LogP contribution in [0.5, 0.6) is 0 Å². The van der Waals surface area contributed by atoms with Crippen LogP contribution >= 0.6 is 11.6 Å². The van der Waals surface area contributed by atoms with Crippen molar-refractivity contribution in [3.63, 3.8) is 0 Å². The van der Waals surface area contributed by atoms with E-state index in [-0.39, 0.29) is 5.91 Å². The first-order valence-electron chi connectivity index (χ1n) is 10.9. The van der Waals surface area contributed by atoms with Crippen molar-refractivity contribution in [2.75, 3.05) is 13.1 Å². The van der Waals surface area contributed by atoms with Crippen LogP contribution in [0.15, 0.2) is 78.1 Å². The first-order valence-corrected chi connectivity index (χ1v) is 11.3. The molecule has 2 aromatic rings. The molecular formula is C27H25ClN2O. The monoisotopic (exact) mass is 428 g/mol. The number of carbonyl (C=O) groups excluding carboxylic acids is 1. The lowest BCUT2D eigenvalue weighted by molar-refractivity contribution is -0.129. The van der Waals surface area contributed by atoms with Crippen LogP contribution in [0.2, 0.25) is 5.02 Å². The van der Waals surface area contributed by atoms with Crippen molar-refractivity contribution in [3.8, 4) is 0 Å². The predicted molar refractivity (Wildman–Crippen MR) is 126 cm³/mol. The summed E-state index contributed by atoms with van der Waals surface area (Å²) in [4.78, 5) is 19.8.